The summed E-state index contributed by atoms with van der Waals surface area (Å²) in [6.45, 7) is 17.8. The molecule has 8 bridgehead atoms. The van der Waals surface area contributed by atoms with Crippen LogP contribution in [0.25, 0.3) is 84.5 Å². The minimum absolute atomic E-state index is 0.368. The van der Waals surface area contributed by atoms with Crippen molar-refractivity contribution in [1.29, 1.82) is 0 Å². The predicted molar refractivity (Wildman–Crippen MR) is 319 cm³/mol. The lowest BCUT2D eigenvalue weighted by Gasteiger charge is -2.11. The van der Waals surface area contributed by atoms with E-state index in [0.717, 1.165) is 125 Å². The molecule has 12 heteroatoms. The predicted octanol–water partition coefficient (Wildman–Crippen LogP) is 21.8. The summed E-state index contributed by atoms with van der Waals surface area (Å²) in [7, 11) is 0. The number of nitrogens with zero attached hydrogens (tertiary/aromatic N) is 2. The number of H-pyrrole nitrogens is 2. The van der Waals surface area contributed by atoms with Gasteiger partial charge in [-0.2, -0.15) is 0 Å². The van der Waals surface area contributed by atoms with Crippen LogP contribution in [0.3, 0.4) is 0 Å². The monoisotopic (exact) mass is 1410 g/mol. The summed E-state index contributed by atoms with van der Waals surface area (Å²) in [5.74, 6) is 1.47. The van der Waals surface area contributed by atoms with Crippen molar-refractivity contribution >= 4 is 167 Å². The topological polar surface area (TPSA) is 57.4 Å². The first-order chi connectivity index (χ1) is 32.4. The van der Waals surface area contributed by atoms with E-state index >= 15 is 0 Å². The summed E-state index contributed by atoms with van der Waals surface area (Å²) < 4.78 is 6.75. The molecule has 9 rings (SSSR count). The number of benzene rings is 4. The van der Waals surface area contributed by atoms with E-state index in [1.54, 1.807) is 0 Å². The van der Waals surface area contributed by atoms with Gasteiger partial charge in [0.1, 0.15) is 0 Å². The fraction of sp³-hybridized carbons (Fsp3) is 0.214. The second-order valence-corrected chi connectivity index (χ2v) is 24.8. The van der Waals surface area contributed by atoms with E-state index in [4.69, 9.17) is 9.97 Å². The largest absolute Gasteiger partial charge is 0.352 e. The number of rotatable bonds is 8. The van der Waals surface area contributed by atoms with Crippen LogP contribution in [-0.2, 0) is 0 Å². The number of aromatic nitrogens is 4. The van der Waals surface area contributed by atoms with E-state index < -0.39 is 0 Å². The Balaban J connectivity index is 1.57. The van der Waals surface area contributed by atoms with Crippen molar-refractivity contribution < 1.29 is 0 Å². The smallest absolute Gasteiger partial charge is 0.0891 e. The van der Waals surface area contributed by atoms with Gasteiger partial charge >= 0.3 is 0 Å². The Kier molecular flexibility index (Phi) is 14.8. The highest BCUT2D eigenvalue weighted by molar-refractivity contribution is 9.18. The highest BCUT2D eigenvalue weighted by atomic mass is 79.9. The molecule has 2 N–H and O–H groups in total. The van der Waals surface area contributed by atoms with Gasteiger partial charge in [-0.15, -0.1) is 0 Å². The van der Waals surface area contributed by atoms with E-state index in [0.29, 0.717) is 23.7 Å². The molecular weight excluding hydrogens is 1370 g/mol. The second-order valence-electron chi connectivity index (χ2n) is 18.5. The van der Waals surface area contributed by atoms with E-state index in [9.17, 15) is 0 Å². The molecule has 0 spiro atoms. The first-order valence-electron chi connectivity index (χ1n) is 22.5. The van der Waals surface area contributed by atoms with Crippen molar-refractivity contribution in [2.45, 2.75) is 79.1 Å². The Labute approximate surface area is 465 Å². The van der Waals surface area contributed by atoms with Crippen LogP contribution in [0.4, 0.5) is 0 Å². The van der Waals surface area contributed by atoms with Gasteiger partial charge < -0.3 is 9.97 Å². The Morgan fingerprint density at radius 1 is 0.294 bits per heavy atom. The maximum atomic E-state index is 5.70. The zero-order valence-electron chi connectivity index (χ0n) is 38.5. The van der Waals surface area contributed by atoms with E-state index in [2.05, 4.69) is 290 Å². The third-order valence-electron chi connectivity index (χ3n) is 12.8. The Bertz CT molecular complexity index is 2950. The molecule has 3 aromatic heterocycles. The van der Waals surface area contributed by atoms with Gasteiger partial charge in [-0.1, -0.05) is 152 Å². The summed E-state index contributed by atoms with van der Waals surface area (Å²) in [6.07, 6.45) is 0. The van der Waals surface area contributed by atoms with Crippen LogP contribution in [0.15, 0.2) is 115 Å². The van der Waals surface area contributed by atoms with Gasteiger partial charge in [0.15, 0.2) is 0 Å². The fourth-order valence-corrected chi connectivity index (χ4v) is 12.7. The molecule has 0 unspecified atom stereocenters. The maximum Gasteiger partial charge on any atom is 0.0891 e. The molecule has 4 nitrogen and oxygen atoms in total. The van der Waals surface area contributed by atoms with Gasteiger partial charge in [0, 0.05) is 22.3 Å². The lowest BCUT2D eigenvalue weighted by Crippen LogP contribution is -1.93. The lowest BCUT2D eigenvalue weighted by molar-refractivity contribution is 0.867. The van der Waals surface area contributed by atoms with Gasteiger partial charge in [-0.05, 0) is 196 Å². The third kappa shape index (κ3) is 9.00. The zero-order valence-corrected chi connectivity index (χ0v) is 51.2. The van der Waals surface area contributed by atoms with Crippen molar-refractivity contribution in [3.8, 4) is 44.5 Å². The average molecular weight is 1410 g/mol. The van der Waals surface area contributed by atoms with E-state index in [1.165, 1.54) is 22.3 Å². The molecule has 5 heterocycles. The van der Waals surface area contributed by atoms with Gasteiger partial charge in [-0.25, -0.2) is 9.97 Å². The molecule has 68 heavy (non-hydrogen) atoms. The molecule has 2 aliphatic rings. The third-order valence-corrected chi connectivity index (χ3v) is 21.2. The highest BCUT2D eigenvalue weighted by Crippen LogP contribution is 2.53. The van der Waals surface area contributed by atoms with Crippen LogP contribution < -0.4 is 0 Å². The molecule has 0 saturated carbocycles. The van der Waals surface area contributed by atoms with Crippen LogP contribution >= 0.6 is 127 Å². The van der Waals surface area contributed by atoms with Crippen molar-refractivity contribution in [3.05, 3.63) is 160 Å². The molecule has 4 aromatic carbocycles. The Morgan fingerprint density at radius 2 is 0.471 bits per heavy atom. The molecule has 0 saturated heterocycles. The molecule has 346 valence electrons. The van der Waals surface area contributed by atoms with Crippen LogP contribution in [0.2, 0.25) is 0 Å². The van der Waals surface area contributed by atoms with Crippen molar-refractivity contribution in [2.75, 3.05) is 0 Å². The molecule has 0 atom stereocenters. The summed E-state index contributed by atoms with van der Waals surface area (Å²) in [4.78, 5) is 19.4. The molecule has 0 fully saturated rings. The quantitative estimate of drug-likeness (QED) is 0.159. The minimum atomic E-state index is 0.368. The molecule has 7 aromatic rings. The van der Waals surface area contributed by atoms with Crippen molar-refractivity contribution in [1.82, 2.24) is 19.9 Å². The van der Waals surface area contributed by atoms with Crippen LogP contribution in [0, 0.1) is 0 Å². The number of hydrogen-bond donors (Lipinski definition) is 2. The summed E-state index contributed by atoms with van der Waals surface area (Å²) in [5, 5.41) is 0. The number of fused-ring (bicyclic) bond motifs is 8. The SMILES string of the molecule is CC(C)c1ccc(-c2c3nc(c(-c4ccc(C(C)C)cc4)c4[nH]c(c(Br)c4Br)c(-c4ccc(C(C)C)cc4)c4nc(c(-c5ccc(C(C)C)cc5)c5[nH]c2c(Br)c5Br)C(Br)=C4Br)C(Br)=C3Br)cc1. The summed E-state index contributed by atoms with van der Waals surface area (Å²) in [6, 6.07) is 35.4. The van der Waals surface area contributed by atoms with Crippen molar-refractivity contribution in [2.24, 2.45) is 0 Å². The first-order valence-corrected chi connectivity index (χ1v) is 28.8. The van der Waals surface area contributed by atoms with Gasteiger partial charge in [0.25, 0.3) is 0 Å². The number of nitrogens with one attached hydrogen (secondary N) is 2. The average Bonchev–Trinajstić information content (AvgIpc) is 3.98. The van der Waals surface area contributed by atoms with Crippen LogP contribution in [0.1, 0.15) is 124 Å². The molecule has 2 aliphatic heterocycles. The number of aromatic amines is 2. The zero-order chi connectivity index (χ0) is 48.6. The molecule has 0 amide bonds. The maximum absolute atomic E-state index is 5.70. The second kappa shape index (κ2) is 20.1. The molecular formula is C56H46Br8N4. The van der Waals surface area contributed by atoms with E-state index in [-0.39, 0.29) is 0 Å². The summed E-state index contributed by atoms with van der Waals surface area (Å²) in [5.41, 5.74) is 19.2. The van der Waals surface area contributed by atoms with Crippen molar-refractivity contribution in [3.63, 3.8) is 0 Å². The van der Waals surface area contributed by atoms with Gasteiger partial charge in [-0.3, -0.25) is 0 Å². The lowest BCUT2D eigenvalue weighted by atomic mass is 9.98. The standard InChI is InChI=1S/C56H46Br8N4/c1-25(2)29-9-17-33(18-10-29)37-49-41(57)43(59)51(65-49)38(34-19-11-30(12-20-34)26(3)4)53-45(61)47(63)55(67-53)40(36-23-15-32(16-24-36)28(7)8)56-48(64)46(62)54(68-56)39(52-44(60)42(58)50(37)66-52)35-21-13-31(14-22-35)27(5)6/h9-28,65,68H,1-8H3. The van der Waals surface area contributed by atoms with Gasteiger partial charge in [0.05, 0.1) is 80.7 Å². The molecule has 0 aliphatic carbocycles. The first kappa shape index (κ1) is 50.3. The molecule has 0 radical (unpaired) electrons. The van der Waals surface area contributed by atoms with Crippen LogP contribution in [0.5, 0.6) is 0 Å². The highest BCUT2D eigenvalue weighted by Gasteiger charge is 2.31. The summed E-state index contributed by atoms with van der Waals surface area (Å²) >= 11 is 33.0. The Morgan fingerprint density at radius 3 is 0.632 bits per heavy atom. The number of halogens is 8. The Hall–Kier alpha value is -2.68. The number of hydrogen-bond acceptors (Lipinski definition) is 2. The minimum Gasteiger partial charge on any atom is -0.352 e. The normalized spacial score (nSPS) is 13.1. The van der Waals surface area contributed by atoms with E-state index in [1.807, 2.05) is 0 Å². The van der Waals surface area contributed by atoms with Gasteiger partial charge in [0.2, 0.25) is 0 Å². The van der Waals surface area contributed by atoms with Crippen LogP contribution in [-0.4, -0.2) is 19.9 Å². The fourth-order valence-electron chi connectivity index (χ4n) is 8.83.